The summed E-state index contributed by atoms with van der Waals surface area (Å²) in [5, 5.41) is 18.3. The predicted molar refractivity (Wildman–Crippen MR) is 97.7 cm³/mol. The van der Waals surface area contributed by atoms with E-state index in [1.807, 2.05) is 0 Å². The molecule has 136 valence electrons. The van der Waals surface area contributed by atoms with Crippen molar-refractivity contribution in [3.63, 3.8) is 0 Å². The van der Waals surface area contributed by atoms with Crippen molar-refractivity contribution in [1.82, 2.24) is 0 Å². The fourth-order valence-corrected chi connectivity index (χ4v) is 2.72. The van der Waals surface area contributed by atoms with Crippen LogP contribution in [0.15, 0.2) is 12.2 Å². The number of hydrogen-bond donors (Lipinski definition) is 2. The van der Waals surface area contributed by atoms with E-state index in [9.17, 15) is 9.90 Å². The number of aliphatic hydroxyl groups is 1. The quantitative estimate of drug-likeness (QED) is 0.260. The van der Waals surface area contributed by atoms with Gasteiger partial charge in [-0.3, -0.25) is 4.79 Å². The van der Waals surface area contributed by atoms with Gasteiger partial charge in [-0.15, -0.1) is 0 Å². The van der Waals surface area contributed by atoms with Gasteiger partial charge in [-0.1, -0.05) is 70.4 Å². The lowest BCUT2D eigenvalue weighted by atomic mass is 10.1. The average Bonchev–Trinajstić information content (AvgIpc) is 2.51. The normalized spacial score (nSPS) is 12.8. The second kappa shape index (κ2) is 17.5. The van der Waals surface area contributed by atoms with E-state index in [4.69, 9.17) is 5.11 Å². The Hall–Kier alpha value is -0.830. The highest BCUT2D eigenvalue weighted by molar-refractivity contribution is 5.66. The Morgan fingerprint density at radius 2 is 1.43 bits per heavy atom. The molecule has 0 saturated carbocycles. The number of hydrogen-bond acceptors (Lipinski definition) is 2. The first-order chi connectivity index (χ1) is 11.2. The molecule has 0 amide bonds. The van der Waals surface area contributed by atoms with E-state index in [0.29, 0.717) is 6.42 Å². The van der Waals surface area contributed by atoms with Crippen LogP contribution in [0, 0.1) is 0 Å². The fraction of sp³-hybridized carbons (Fsp3) is 0.850. The van der Waals surface area contributed by atoms with Gasteiger partial charge in [0, 0.05) is 6.42 Å². The first-order valence-electron chi connectivity index (χ1n) is 9.71. The molecule has 0 aliphatic carbocycles. The van der Waals surface area contributed by atoms with Crippen molar-refractivity contribution in [2.45, 2.75) is 109 Å². The van der Waals surface area contributed by atoms with Crippen molar-refractivity contribution in [3.8, 4) is 0 Å². The number of rotatable bonds is 17. The molecule has 0 radical (unpaired) electrons. The van der Waals surface area contributed by atoms with E-state index < -0.39 is 5.97 Å². The number of carboxylic acids is 1. The van der Waals surface area contributed by atoms with Gasteiger partial charge in [0.25, 0.3) is 0 Å². The molecule has 0 rings (SSSR count). The topological polar surface area (TPSA) is 57.5 Å². The summed E-state index contributed by atoms with van der Waals surface area (Å²) in [6.45, 7) is 2.19. The molecule has 3 nitrogen and oxygen atoms in total. The second-order valence-corrected chi connectivity index (χ2v) is 6.61. The average molecular weight is 327 g/mol. The summed E-state index contributed by atoms with van der Waals surface area (Å²) in [6, 6.07) is 0. The molecule has 0 aromatic rings. The van der Waals surface area contributed by atoms with Crippen molar-refractivity contribution >= 4 is 5.97 Å². The monoisotopic (exact) mass is 326 g/mol. The Labute approximate surface area is 143 Å². The van der Waals surface area contributed by atoms with E-state index in [1.165, 1.54) is 44.9 Å². The van der Waals surface area contributed by atoms with Crippen LogP contribution in [0.2, 0.25) is 0 Å². The summed E-state index contributed by atoms with van der Waals surface area (Å²) in [7, 11) is 0. The van der Waals surface area contributed by atoms with Crippen LogP contribution >= 0.6 is 0 Å². The highest BCUT2D eigenvalue weighted by Gasteiger charge is 2.01. The molecular formula is C20H38O3. The molecule has 0 saturated heterocycles. The summed E-state index contributed by atoms with van der Waals surface area (Å²) >= 11 is 0. The van der Waals surface area contributed by atoms with Gasteiger partial charge in [-0.2, -0.15) is 0 Å². The van der Waals surface area contributed by atoms with E-state index in [0.717, 1.165) is 44.9 Å². The van der Waals surface area contributed by atoms with Gasteiger partial charge in [0.1, 0.15) is 0 Å². The fourth-order valence-electron chi connectivity index (χ4n) is 2.72. The summed E-state index contributed by atoms with van der Waals surface area (Å²) in [4.78, 5) is 10.4. The van der Waals surface area contributed by atoms with Crippen LogP contribution in [-0.2, 0) is 4.79 Å². The van der Waals surface area contributed by atoms with Crippen molar-refractivity contribution in [1.29, 1.82) is 0 Å². The lowest BCUT2D eigenvalue weighted by molar-refractivity contribution is -0.137. The Balaban J connectivity index is 3.20. The molecule has 0 unspecified atom stereocenters. The van der Waals surface area contributed by atoms with Crippen LogP contribution in [0.25, 0.3) is 0 Å². The molecule has 0 heterocycles. The Bertz CT molecular complexity index is 287. The highest BCUT2D eigenvalue weighted by Crippen LogP contribution is 2.11. The van der Waals surface area contributed by atoms with Gasteiger partial charge in [0.2, 0.25) is 0 Å². The summed E-state index contributed by atoms with van der Waals surface area (Å²) in [5.74, 6) is -0.676. The minimum atomic E-state index is -0.676. The van der Waals surface area contributed by atoms with E-state index in [-0.39, 0.29) is 6.10 Å². The molecule has 0 aliphatic heterocycles. The molecule has 0 aromatic carbocycles. The zero-order chi connectivity index (χ0) is 17.2. The maximum Gasteiger partial charge on any atom is 0.303 e. The molecule has 2 N–H and O–H groups in total. The molecule has 23 heavy (non-hydrogen) atoms. The Kier molecular flexibility index (Phi) is 16.9. The van der Waals surface area contributed by atoms with E-state index in [1.54, 1.807) is 0 Å². The number of unbranched alkanes of at least 4 members (excludes halogenated alkanes) is 9. The van der Waals surface area contributed by atoms with Gasteiger partial charge in [0.05, 0.1) is 6.10 Å². The first kappa shape index (κ1) is 22.2. The van der Waals surface area contributed by atoms with Gasteiger partial charge < -0.3 is 10.2 Å². The van der Waals surface area contributed by atoms with Crippen LogP contribution < -0.4 is 0 Å². The standard InChI is InChI=1S/C20H38O3/c1-2-3-13-16-19(21)17-14-11-9-7-5-4-6-8-10-12-15-18-20(22)23/h9,11,19,21H,2-8,10,12-18H2,1H3,(H,22,23)/b11-9-/t19-/m0/s1. The summed E-state index contributed by atoms with van der Waals surface area (Å²) in [6.07, 6.45) is 20.3. The zero-order valence-electron chi connectivity index (χ0n) is 15.1. The van der Waals surface area contributed by atoms with Crippen LogP contribution in [0.5, 0.6) is 0 Å². The maximum absolute atomic E-state index is 10.4. The van der Waals surface area contributed by atoms with Crippen molar-refractivity contribution in [3.05, 3.63) is 12.2 Å². The lowest BCUT2D eigenvalue weighted by Gasteiger charge is -2.07. The number of carbonyl (C=O) groups is 1. The second-order valence-electron chi connectivity index (χ2n) is 6.61. The number of carboxylic acid groups (broad SMARTS) is 1. The molecule has 0 fully saturated rings. The largest absolute Gasteiger partial charge is 0.481 e. The van der Waals surface area contributed by atoms with Crippen LogP contribution in [0.1, 0.15) is 103 Å². The summed E-state index contributed by atoms with van der Waals surface area (Å²) < 4.78 is 0. The van der Waals surface area contributed by atoms with Crippen molar-refractivity contribution in [2.24, 2.45) is 0 Å². The van der Waals surface area contributed by atoms with Crippen LogP contribution in [0.4, 0.5) is 0 Å². The summed E-state index contributed by atoms with van der Waals surface area (Å²) in [5.41, 5.74) is 0. The van der Waals surface area contributed by atoms with Gasteiger partial charge in [-0.05, 0) is 38.5 Å². The van der Waals surface area contributed by atoms with Crippen molar-refractivity contribution < 1.29 is 15.0 Å². The third-order valence-electron chi connectivity index (χ3n) is 4.24. The zero-order valence-corrected chi connectivity index (χ0v) is 15.1. The Morgan fingerprint density at radius 1 is 0.826 bits per heavy atom. The number of aliphatic hydroxyl groups excluding tert-OH is 1. The number of allylic oxidation sites excluding steroid dienone is 2. The van der Waals surface area contributed by atoms with Crippen LogP contribution in [-0.4, -0.2) is 22.3 Å². The third kappa shape index (κ3) is 19.1. The molecule has 0 spiro atoms. The highest BCUT2D eigenvalue weighted by atomic mass is 16.4. The number of aliphatic carboxylic acids is 1. The molecule has 0 aromatic heterocycles. The minimum absolute atomic E-state index is 0.118. The third-order valence-corrected chi connectivity index (χ3v) is 4.24. The molecule has 1 atom stereocenters. The smallest absolute Gasteiger partial charge is 0.303 e. The van der Waals surface area contributed by atoms with Gasteiger partial charge in [-0.25, -0.2) is 0 Å². The molecular weight excluding hydrogens is 288 g/mol. The lowest BCUT2D eigenvalue weighted by Crippen LogP contribution is -2.05. The first-order valence-corrected chi connectivity index (χ1v) is 9.71. The van der Waals surface area contributed by atoms with E-state index in [2.05, 4.69) is 19.1 Å². The van der Waals surface area contributed by atoms with Gasteiger partial charge >= 0.3 is 5.97 Å². The Morgan fingerprint density at radius 3 is 2.09 bits per heavy atom. The molecule has 0 aliphatic rings. The van der Waals surface area contributed by atoms with Crippen LogP contribution in [0.3, 0.4) is 0 Å². The minimum Gasteiger partial charge on any atom is -0.481 e. The maximum atomic E-state index is 10.4. The molecule has 0 bridgehead atoms. The van der Waals surface area contributed by atoms with E-state index >= 15 is 0 Å². The van der Waals surface area contributed by atoms with Gasteiger partial charge in [0.15, 0.2) is 0 Å². The predicted octanol–water partition coefficient (Wildman–Crippen LogP) is 5.86. The molecule has 3 heteroatoms. The van der Waals surface area contributed by atoms with Crippen molar-refractivity contribution in [2.75, 3.05) is 0 Å². The SMILES string of the molecule is CCCCC[C@H](O)CC/C=C\CCCCCCCCCC(=O)O.